The lowest BCUT2D eigenvalue weighted by atomic mass is 9.91. The van der Waals surface area contributed by atoms with Crippen LogP contribution in [0.4, 0.5) is 0 Å². The van der Waals surface area contributed by atoms with E-state index in [2.05, 4.69) is 5.32 Å². The van der Waals surface area contributed by atoms with Gasteiger partial charge in [-0.05, 0) is 32.6 Å². The lowest BCUT2D eigenvalue weighted by Gasteiger charge is -2.44. The molecule has 2 aliphatic heterocycles. The highest BCUT2D eigenvalue weighted by molar-refractivity contribution is 7.92. The van der Waals surface area contributed by atoms with Crippen LogP contribution in [0.15, 0.2) is 0 Å². The van der Waals surface area contributed by atoms with Crippen molar-refractivity contribution in [3.63, 3.8) is 0 Å². The summed E-state index contributed by atoms with van der Waals surface area (Å²) >= 11 is 0. The van der Waals surface area contributed by atoms with Crippen LogP contribution < -0.4 is 5.32 Å². The Morgan fingerprint density at radius 3 is 2.48 bits per heavy atom. The molecule has 7 heteroatoms. The molecule has 1 spiro atoms. The SMILES string of the molecule is CC1C(=O)NC2(CCCC2)C(=O)N1CC1CCCS1(=O)=O. The predicted octanol–water partition coefficient (Wildman–Crippen LogP) is 0.223. The van der Waals surface area contributed by atoms with Gasteiger partial charge in [-0.25, -0.2) is 8.42 Å². The Bertz CT molecular complexity index is 566. The van der Waals surface area contributed by atoms with E-state index in [0.29, 0.717) is 25.7 Å². The van der Waals surface area contributed by atoms with E-state index in [0.717, 1.165) is 12.8 Å². The molecule has 3 fully saturated rings. The van der Waals surface area contributed by atoms with Gasteiger partial charge in [-0.3, -0.25) is 9.59 Å². The maximum atomic E-state index is 12.8. The number of carbonyl (C=O) groups excluding carboxylic acids is 2. The van der Waals surface area contributed by atoms with Gasteiger partial charge in [0.05, 0.1) is 11.0 Å². The van der Waals surface area contributed by atoms with Gasteiger partial charge in [-0.2, -0.15) is 0 Å². The van der Waals surface area contributed by atoms with Gasteiger partial charge in [0.2, 0.25) is 11.8 Å². The molecule has 0 aromatic rings. The first-order chi connectivity index (χ1) is 9.86. The van der Waals surface area contributed by atoms with Gasteiger partial charge in [0.1, 0.15) is 11.6 Å². The summed E-state index contributed by atoms with van der Waals surface area (Å²) < 4.78 is 24.0. The van der Waals surface area contributed by atoms with Gasteiger partial charge in [0, 0.05) is 6.54 Å². The predicted molar refractivity (Wildman–Crippen MR) is 77.3 cm³/mol. The molecule has 0 radical (unpaired) electrons. The van der Waals surface area contributed by atoms with Crippen molar-refractivity contribution in [1.29, 1.82) is 0 Å². The maximum absolute atomic E-state index is 12.8. The van der Waals surface area contributed by atoms with E-state index in [1.807, 2.05) is 0 Å². The number of piperazine rings is 1. The number of sulfone groups is 1. The number of nitrogens with one attached hydrogen (secondary N) is 1. The molecule has 2 heterocycles. The fourth-order valence-corrected chi connectivity index (χ4v) is 5.64. The molecule has 2 amide bonds. The second-order valence-electron chi connectivity index (χ2n) is 6.54. The van der Waals surface area contributed by atoms with Crippen LogP contribution in [0.25, 0.3) is 0 Å². The van der Waals surface area contributed by atoms with Gasteiger partial charge in [-0.15, -0.1) is 0 Å². The summed E-state index contributed by atoms with van der Waals surface area (Å²) in [6.07, 6.45) is 4.43. The highest BCUT2D eigenvalue weighted by atomic mass is 32.2. The quantitative estimate of drug-likeness (QED) is 0.790. The number of hydrogen-bond acceptors (Lipinski definition) is 4. The smallest absolute Gasteiger partial charge is 0.249 e. The fraction of sp³-hybridized carbons (Fsp3) is 0.857. The van der Waals surface area contributed by atoms with E-state index in [9.17, 15) is 18.0 Å². The topological polar surface area (TPSA) is 83.6 Å². The standard InChI is InChI=1S/C14H22N2O4S/c1-10-12(17)15-14(6-2-3-7-14)13(18)16(10)9-11-5-4-8-21(11,19)20/h10-11H,2-9H2,1H3,(H,15,17). The normalized spacial score (nSPS) is 34.4. The van der Waals surface area contributed by atoms with Gasteiger partial charge in [-0.1, -0.05) is 12.8 Å². The molecule has 2 atom stereocenters. The van der Waals surface area contributed by atoms with Crippen molar-refractivity contribution >= 4 is 21.7 Å². The van der Waals surface area contributed by atoms with Crippen molar-refractivity contribution in [2.45, 2.75) is 62.3 Å². The third-order valence-corrected chi connectivity index (χ3v) is 7.46. The van der Waals surface area contributed by atoms with E-state index < -0.39 is 26.7 Å². The minimum absolute atomic E-state index is 0.0887. The molecule has 1 saturated carbocycles. The average Bonchev–Trinajstić information content (AvgIpc) is 3.00. The second-order valence-corrected chi connectivity index (χ2v) is 8.94. The summed E-state index contributed by atoms with van der Waals surface area (Å²) in [5.41, 5.74) is -0.772. The van der Waals surface area contributed by atoms with Crippen LogP contribution in [0.2, 0.25) is 0 Å². The van der Waals surface area contributed by atoms with Crippen LogP contribution in [-0.2, 0) is 19.4 Å². The van der Waals surface area contributed by atoms with Crippen LogP contribution in [0.5, 0.6) is 0 Å². The summed E-state index contributed by atoms with van der Waals surface area (Å²) in [6, 6.07) is -0.584. The number of nitrogens with zero attached hydrogens (tertiary/aromatic N) is 1. The first-order valence-corrected chi connectivity index (χ1v) is 9.42. The zero-order valence-corrected chi connectivity index (χ0v) is 13.1. The highest BCUT2D eigenvalue weighted by Crippen LogP contribution is 2.35. The van der Waals surface area contributed by atoms with Crippen molar-refractivity contribution in [2.75, 3.05) is 12.3 Å². The minimum Gasteiger partial charge on any atom is -0.340 e. The average molecular weight is 314 g/mol. The fourth-order valence-electron chi connectivity index (χ4n) is 3.83. The van der Waals surface area contributed by atoms with Gasteiger partial charge >= 0.3 is 0 Å². The molecular weight excluding hydrogens is 292 g/mol. The monoisotopic (exact) mass is 314 g/mol. The Kier molecular flexibility index (Phi) is 3.50. The lowest BCUT2D eigenvalue weighted by molar-refractivity contribution is -0.154. The van der Waals surface area contributed by atoms with Crippen LogP contribution in [-0.4, -0.2) is 54.3 Å². The third kappa shape index (κ3) is 2.35. The van der Waals surface area contributed by atoms with Crippen LogP contribution >= 0.6 is 0 Å². The molecule has 2 saturated heterocycles. The van der Waals surface area contributed by atoms with Crippen molar-refractivity contribution in [1.82, 2.24) is 10.2 Å². The molecule has 0 aromatic heterocycles. The summed E-state index contributed by atoms with van der Waals surface area (Å²) in [4.78, 5) is 26.5. The number of hydrogen-bond donors (Lipinski definition) is 1. The maximum Gasteiger partial charge on any atom is 0.249 e. The first-order valence-electron chi connectivity index (χ1n) is 7.70. The summed E-state index contributed by atoms with van der Waals surface area (Å²) in [7, 11) is -3.11. The molecule has 0 bridgehead atoms. The Morgan fingerprint density at radius 2 is 1.90 bits per heavy atom. The summed E-state index contributed by atoms with van der Waals surface area (Å²) in [5, 5.41) is 2.38. The van der Waals surface area contributed by atoms with Crippen LogP contribution in [0, 0.1) is 0 Å². The Balaban J connectivity index is 1.85. The Morgan fingerprint density at radius 1 is 1.24 bits per heavy atom. The molecular formula is C14H22N2O4S. The number of rotatable bonds is 2. The van der Waals surface area contributed by atoms with E-state index in [1.165, 1.54) is 4.90 Å². The molecule has 1 N–H and O–H groups in total. The van der Waals surface area contributed by atoms with Crippen molar-refractivity contribution < 1.29 is 18.0 Å². The van der Waals surface area contributed by atoms with Crippen molar-refractivity contribution in [3.05, 3.63) is 0 Å². The third-order valence-electron chi connectivity index (χ3n) is 5.20. The molecule has 0 aromatic carbocycles. The van der Waals surface area contributed by atoms with Crippen molar-refractivity contribution in [2.24, 2.45) is 0 Å². The van der Waals surface area contributed by atoms with Gasteiger partial charge in [0.25, 0.3) is 0 Å². The molecule has 6 nitrogen and oxygen atoms in total. The van der Waals surface area contributed by atoms with Gasteiger partial charge in [0.15, 0.2) is 9.84 Å². The Labute approximate surface area is 125 Å². The van der Waals surface area contributed by atoms with E-state index in [1.54, 1.807) is 6.92 Å². The van der Waals surface area contributed by atoms with Crippen molar-refractivity contribution in [3.8, 4) is 0 Å². The van der Waals surface area contributed by atoms with Gasteiger partial charge < -0.3 is 10.2 Å². The lowest BCUT2D eigenvalue weighted by Crippen LogP contribution is -2.69. The number of carbonyl (C=O) groups is 2. The minimum atomic E-state index is -3.11. The zero-order valence-electron chi connectivity index (χ0n) is 12.3. The molecule has 21 heavy (non-hydrogen) atoms. The van der Waals surface area contributed by atoms with E-state index in [-0.39, 0.29) is 24.1 Å². The summed E-state index contributed by atoms with van der Waals surface area (Å²) in [6.45, 7) is 1.84. The molecule has 1 aliphatic carbocycles. The first kappa shape index (κ1) is 14.8. The largest absolute Gasteiger partial charge is 0.340 e. The molecule has 2 unspecified atom stereocenters. The summed E-state index contributed by atoms with van der Waals surface area (Å²) in [5.74, 6) is -0.0492. The molecule has 3 rings (SSSR count). The number of amides is 2. The Hall–Kier alpha value is -1.11. The zero-order chi connectivity index (χ0) is 15.3. The highest BCUT2D eigenvalue weighted by Gasteiger charge is 2.51. The van der Waals surface area contributed by atoms with Crippen LogP contribution in [0.3, 0.4) is 0 Å². The van der Waals surface area contributed by atoms with E-state index in [4.69, 9.17) is 0 Å². The van der Waals surface area contributed by atoms with E-state index >= 15 is 0 Å². The molecule has 3 aliphatic rings. The molecule has 118 valence electrons. The second kappa shape index (κ2) is 4.97. The van der Waals surface area contributed by atoms with Crippen LogP contribution in [0.1, 0.15) is 45.4 Å².